The molecule has 0 bridgehead atoms. The minimum absolute atomic E-state index is 0.168. The first-order valence-electron chi connectivity index (χ1n) is 11.6. The summed E-state index contributed by atoms with van der Waals surface area (Å²) in [6.45, 7) is 2.45. The lowest BCUT2D eigenvalue weighted by atomic mass is 9.89. The van der Waals surface area contributed by atoms with E-state index < -0.39 is 12.1 Å². The van der Waals surface area contributed by atoms with Gasteiger partial charge in [-0.1, -0.05) is 60.7 Å². The average Bonchev–Trinajstić information content (AvgIpc) is 2.92. The van der Waals surface area contributed by atoms with Crippen molar-refractivity contribution in [2.75, 3.05) is 11.5 Å². The molecule has 174 valence electrons. The molecule has 35 heavy (non-hydrogen) atoms. The highest BCUT2D eigenvalue weighted by molar-refractivity contribution is 6.14. The molecule has 0 fully saturated rings. The normalized spacial score (nSPS) is 16.7. The third kappa shape index (κ3) is 4.41. The van der Waals surface area contributed by atoms with Crippen LogP contribution in [0.2, 0.25) is 0 Å². The summed E-state index contributed by atoms with van der Waals surface area (Å²) in [5.74, 6) is 0.761. The smallest absolute Gasteiger partial charge is 0.259 e. The minimum atomic E-state index is -0.905. The second-order valence-corrected chi connectivity index (χ2v) is 8.22. The fraction of sp³-hybridized carbons (Fsp3) is 0.133. The summed E-state index contributed by atoms with van der Waals surface area (Å²) >= 11 is 0. The summed E-state index contributed by atoms with van der Waals surface area (Å²) in [4.78, 5) is 29.6. The van der Waals surface area contributed by atoms with E-state index in [0.717, 1.165) is 5.56 Å². The van der Waals surface area contributed by atoms with Crippen LogP contribution >= 0.6 is 0 Å². The van der Waals surface area contributed by atoms with Gasteiger partial charge in [-0.25, -0.2) is 0 Å². The summed E-state index contributed by atoms with van der Waals surface area (Å²) in [5.41, 5.74) is 2.35. The number of ether oxygens (including phenoxy) is 2. The van der Waals surface area contributed by atoms with Crippen molar-refractivity contribution in [3.63, 3.8) is 0 Å². The Kier molecular flexibility index (Phi) is 6.31. The van der Waals surface area contributed by atoms with Crippen molar-refractivity contribution in [1.29, 1.82) is 0 Å². The monoisotopic (exact) mass is 463 g/mol. The van der Waals surface area contributed by atoms with Gasteiger partial charge in [-0.3, -0.25) is 14.5 Å². The Balaban J connectivity index is 1.67. The number of carbonyl (C=O) groups excluding carboxylic acids is 2. The molecule has 0 aliphatic carbocycles. The zero-order valence-corrected chi connectivity index (χ0v) is 19.3. The number of Topliss-reactive ketones (excluding diaryl/α,β-unsaturated/α-hetero) is 1. The molecular weight excluding hydrogens is 438 g/mol. The number of nitrogens with zero attached hydrogens (tertiary/aromatic N) is 1. The largest absolute Gasteiger partial charge is 0.494 e. The van der Waals surface area contributed by atoms with E-state index in [-0.39, 0.29) is 11.7 Å². The van der Waals surface area contributed by atoms with E-state index in [0.29, 0.717) is 34.9 Å². The lowest BCUT2D eigenvalue weighted by Crippen LogP contribution is -2.52. The lowest BCUT2D eigenvalue weighted by molar-refractivity contribution is 0.0730. The first-order valence-corrected chi connectivity index (χ1v) is 11.6. The second-order valence-electron chi connectivity index (χ2n) is 8.22. The van der Waals surface area contributed by atoms with Gasteiger partial charge in [0.05, 0.1) is 12.2 Å². The number of ketones is 1. The second kappa shape index (κ2) is 9.85. The predicted octanol–water partition coefficient (Wildman–Crippen LogP) is 6.12. The predicted molar refractivity (Wildman–Crippen MR) is 135 cm³/mol. The molecule has 4 aromatic carbocycles. The van der Waals surface area contributed by atoms with Crippen LogP contribution in [0.1, 0.15) is 39.3 Å². The Morgan fingerprint density at radius 3 is 2.14 bits per heavy atom. The highest BCUT2D eigenvalue weighted by Gasteiger charge is 2.44. The maximum atomic E-state index is 14.0. The van der Waals surface area contributed by atoms with Crippen molar-refractivity contribution in [2.24, 2.45) is 0 Å². The summed E-state index contributed by atoms with van der Waals surface area (Å²) in [6.07, 6.45) is -0.683. The first kappa shape index (κ1) is 22.4. The first-order chi connectivity index (χ1) is 17.2. The molecule has 1 aliphatic rings. The van der Waals surface area contributed by atoms with Gasteiger partial charge in [-0.05, 0) is 61.0 Å². The summed E-state index contributed by atoms with van der Waals surface area (Å²) < 4.78 is 12.0. The molecule has 1 amide bonds. The van der Waals surface area contributed by atoms with E-state index in [2.05, 4.69) is 0 Å². The highest BCUT2D eigenvalue weighted by atomic mass is 16.5. The van der Waals surface area contributed by atoms with Gasteiger partial charge in [-0.2, -0.15) is 0 Å². The van der Waals surface area contributed by atoms with Crippen LogP contribution in [-0.2, 0) is 0 Å². The molecule has 5 heteroatoms. The third-order valence-corrected chi connectivity index (χ3v) is 6.03. The molecule has 0 aromatic heterocycles. The van der Waals surface area contributed by atoms with Gasteiger partial charge >= 0.3 is 0 Å². The molecular formula is C30H25NO4. The van der Waals surface area contributed by atoms with Crippen LogP contribution in [0, 0.1) is 0 Å². The van der Waals surface area contributed by atoms with Crippen LogP contribution in [0.15, 0.2) is 109 Å². The molecule has 1 aliphatic heterocycles. The molecule has 0 saturated heterocycles. The minimum Gasteiger partial charge on any atom is -0.494 e. The van der Waals surface area contributed by atoms with Crippen molar-refractivity contribution in [3.8, 4) is 11.5 Å². The van der Waals surface area contributed by atoms with Gasteiger partial charge in [0.25, 0.3) is 5.91 Å². The van der Waals surface area contributed by atoms with E-state index in [1.54, 1.807) is 35.2 Å². The number of hydrogen-bond donors (Lipinski definition) is 0. The van der Waals surface area contributed by atoms with Gasteiger partial charge in [0.2, 0.25) is 0 Å². The molecule has 2 unspecified atom stereocenters. The number of hydrogen-bond acceptors (Lipinski definition) is 4. The Morgan fingerprint density at radius 2 is 1.46 bits per heavy atom. The van der Waals surface area contributed by atoms with Crippen LogP contribution in [0.4, 0.5) is 5.69 Å². The summed E-state index contributed by atoms with van der Waals surface area (Å²) in [6, 6.07) is 32.1. The lowest BCUT2D eigenvalue weighted by Gasteiger charge is -2.39. The van der Waals surface area contributed by atoms with E-state index in [9.17, 15) is 9.59 Å². The maximum absolute atomic E-state index is 14.0. The standard InChI is InChI=1S/C30H25NO4/c1-2-34-24-19-17-23(18-20-24)31(30(33)22-13-7-4-8-14-22)27-28(32)25-15-9-10-16-26(25)35-29(27)21-11-5-3-6-12-21/h3-20,27,29H,2H2,1H3. The molecule has 0 spiro atoms. The molecule has 5 nitrogen and oxygen atoms in total. The van der Waals surface area contributed by atoms with Gasteiger partial charge in [0.1, 0.15) is 17.5 Å². The molecule has 0 saturated carbocycles. The van der Waals surface area contributed by atoms with Crippen LogP contribution in [0.3, 0.4) is 0 Å². The number of fused-ring (bicyclic) bond motifs is 1. The van der Waals surface area contributed by atoms with Crippen molar-refractivity contribution in [1.82, 2.24) is 0 Å². The van der Waals surface area contributed by atoms with Crippen LogP contribution in [0.5, 0.6) is 11.5 Å². The van der Waals surface area contributed by atoms with Crippen molar-refractivity contribution >= 4 is 17.4 Å². The molecule has 5 rings (SSSR count). The molecule has 1 heterocycles. The maximum Gasteiger partial charge on any atom is 0.259 e. The molecule has 2 atom stereocenters. The number of para-hydroxylation sites is 1. The fourth-order valence-electron chi connectivity index (χ4n) is 4.41. The van der Waals surface area contributed by atoms with E-state index in [4.69, 9.17) is 9.47 Å². The number of amides is 1. The van der Waals surface area contributed by atoms with Crippen molar-refractivity contribution in [3.05, 3.63) is 126 Å². The Labute approximate surface area is 204 Å². The van der Waals surface area contributed by atoms with E-state index >= 15 is 0 Å². The quantitative estimate of drug-likeness (QED) is 0.346. The van der Waals surface area contributed by atoms with Gasteiger partial charge in [0, 0.05) is 11.3 Å². The van der Waals surface area contributed by atoms with Crippen LogP contribution in [-0.4, -0.2) is 24.3 Å². The Morgan fingerprint density at radius 1 is 0.829 bits per heavy atom. The van der Waals surface area contributed by atoms with Crippen LogP contribution < -0.4 is 14.4 Å². The third-order valence-electron chi connectivity index (χ3n) is 6.03. The zero-order chi connectivity index (χ0) is 24.2. The number of rotatable bonds is 6. The topological polar surface area (TPSA) is 55.8 Å². The van der Waals surface area contributed by atoms with E-state index in [1.807, 2.05) is 85.8 Å². The molecule has 0 N–H and O–H groups in total. The number of carbonyl (C=O) groups is 2. The van der Waals surface area contributed by atoms with Gasteiger partial charge < -0.3 is 9.47 Å². The summed E-state index contributed by atoms with van der Waals surface area (Å²) in [5, 5.41) is 0. The fourth-order valence-corrected chi connectivity index (χ4v) is 4.41. The van der Waals surface area contributed by atoms with Crippen LogP contribution in [0.25, 0.3) is 0 Å². The van der Waals surface area contributed by atoms with Crippen molar-refractivity contribution < 1.29 is 19.1 Å². The molecule has 4 aromatic rings. The zero-order valence-electron chi connectivity index (χ0n) is 19.3. The van der Waals surface area contributed by atoms with Crippen molar-refractivity contribution in [2.45, 2.75) is 19.1 Å². The Bertz CT molecular complexity index is 1320. The average molecular weight is 464 g/mol. The van der Waals surface area contributed by atoms with E-state index in [1.165, 1.54) is 0 Å². The number of benzene rings is 4. The SMILES string of the molecule is CCOc1ccc(N(C(=O)c2ccccc2)C2C(=O)c3ccccc3OC2c2ccccc2)cc1. The summed E-state index contributed by atoms with van der Waals surface area (Å²) in [7, 11) is 0. The van der Waals surface area contributed by atoms with Gasteiger partial charge in [0.15, 0.2) is 11.9 Å². The molecule has 0 radical (unpaired) electrons. The highest BCUT2D eigenvalue weighted by Crippen LogP contribution is 2.39. The van der Waals surface area contributed by atoms with Gasteiger partial charge in [-0.15, -0.1) is 0 Å². The Hall–Kier alpha value is -4.38. The number of anilines is 1.